The van der Waals surface area contributed by atoms with Crippen molar-refractivity contribution in [3.8, 4) is 5.75 Å². The molecule has 1 aromatic carbocycles. The maximum absolute atomic E-state index is 12.1. The average Bonchev–Trinajstić information content (AvgIpc) is 2.42. The third kappa shape index (κ3) is 4.38. The molecule has 1 aromatic rings. The van der Waals surface area contributed by atoms with Crippen LogP contribution in [0.5, 0.6) is 5.75 Å². The molecule has 0 saturated heterocycles. The van der Waals surface area contributed by atoms with Crippen LogP contribution in [0.1, 0.15) is 36.7 Å². The Balaban J connectivity index is 3.49. The summed E-state index contributed by atoms with van der Waals surface area (Å²) in [5.41, 5.74) is 1.66. The molecule has 0 bridgehead atoms. The number of ether oxygens (including phenoxy) is 1. The fourth-order valence-corrected chi connectivity index (χ4v) is 3.38. The van der Waals surface area contributed by atoms with Gasteiger partial charge in [0.05, 0.1) is 12.2 Å². The first-order valence-corrected chi connectivity index (χ1v) is 9.27. The zero-order valence-corrected chi connectivity index (χ0v) is 14.7. The molecule has 0 saturated carbocycles. The van der Waals surface area contributed by atoms with E-state index in [0.717, 1.165) is 0 Å². The molecule has 1 amide bonds. The molecule has 0 aromatic heterocycles. The number of benzene rings is 1. The fourth-order valence-electron chi connectivity index (χ4n) is 2.13. The van der Waals surface area contributed by atoms with Gasteiger partial charge in [-0.05, 0) is 40.5 Å². The zero-order chi connectivity index (χ0) is 16.2. The molecule has 2 N–H and O–H groups in total. The number of hydrogen-bond acceptors (Lipinski definition) is 3. The predicted octanol–water partition coefficient (Wildman–Crippen LogP) is 2.33. The Bertz CT molecular complexity index is 507. The quantitative estimate of drug-likeness (QED) is 0.731. The lowest BCUT2D eigenvalue weighted by Gasteiger charge is -2.28. The molecule has 120 valence electrons. The Morgan fingerprint density at radius 3 is 2.38 bits per heavy atom. The van der Waals surface area contributed by atoms with E-state index in [4.69, 9.17) is 9.84 Å². The number of nitrogens with one attached hydrogen (secondary N) is 1. The lowest BCUT2D eigenvalue weighted by molar-refractivity contribution is 0.0957. The van der Waals surface area contributed by atoms with E-state index in [-0.39, 0.29) is 35.4 Å². The molecular weight excluding hydrogens is 286 g/mol. The van der Waals surface area contributed by atoms with E-state index in [1.54, 1.807) is 7.05 Å². The molecule has 21 heavy (non-hydrogen) atoms. The summed E-state index contributed by atoms with van der Waals surface area (Å²) in [5.74, 6) is 0.374. The highest BCUT2D eigenvalue weighted by atomic mass is 32.2. The number of aliphatic hydroxyl groups is 1. The van der Waals surface area contributed by atoms with Gasteiger partial charge in [0.25, 0.3) is 5.91 Å². The molecule has 0 heterocycles. The molecule has 4 nitrogen and oxygen atoms in total. The fraction of sp³-hybridized carbons (Fsp3) is 0.562. The van der Waals surface area contributed by atoms with E-state index in [2.05, 4.69) is 38.6 Å². The minimum absolute atomic E-state index is 0.0415. The molecular formula is C16H27NO3S. The maximum atomic E-state index is 12.1. The molecule has 0 aliphatic heterocycles. The lowest BCUT2D eigenvalue weighted by Crippen LogP contribution is -2.22. The summed E-state index contributed by atoms with van der Waals surface area (Å²) in [5, 5.41) is 11.6. The molecule has 5 heteroatoms. The summed E-state index contributed by atoms with van der Waals surface area (Å²) in [7, 11) is 1.28. The van der Waals surface area contributed by atoms with Gasteiger partial charge in [-0.2, -0.15) is 0 Å². The SMILES string of the molecule is CNC(=O)c1cc(C(C)(C)C)c([SH](C)C)cc1OCCO. The Labute approximate surface area is 130 Å². The number of carbonyl (C=O) groups excluding carboxylic acids is 1. The van der Waals surface area contributed by atoms with Crippen LogP contribution in [0.15, 0.2) is 17.0 Å². The van der Waals surface area contributed by atoms with Gasteiger partial charge in [-0.1, -0.05) is 20.8 Å². The number of amides is 1. The third-order valence-electron chi connectivity index (χ3n) is 3.21. The van der Waals surface area contributed by atoms with Crippen LogP contribution in [0.25, 0.3) is 0 Å². The van der Waals surface area contributed by atoms with E-state index < -0.39 is 0 Å². The highest BCUT2D eigenvalue weighted by molar-refractivity contribution is 8.15. The van der Waals surface area contributed by atoms with Crippen LogP contribution in [-0.2, 0) is 5.41 Å². The molecule has 0 fully saturated rings. The Morgan fingerprint density at radius 1 is 1.33 bits per heavy atom. The van der Waals surface area contributed by atoms with Crippen molar-refractivity contribution >= 4 is 16.8 Å². The van der Waals surface area contributed by atoms with Gasteiger partial charge in [-0.25, -0.2) is 10.9 Å². The topological polar surface area (TPSA) is 58.6 Å². The molecule has 0 aliphatic carbocycles. The summed E-state index contributed by atoms with van der Waals surface area (Å²) in [4.78, 5) is 13.3. The number of aliphatic hydroxyl groups excluding tert-OH is 1. The zero-order valence-electron chi connectivity index (χ0n) is 13.8. The second-order valence-corrected chi connectivity index (χ2v) is 8.43. The Morgan fingerprint density at radius 2 is 1.95 bits per heavy atom. The molecule has 0 radical (unpaired) electrons. The number of thiol groups is 1. The smallest absolute Gasteiger partial charge is 0.254 e. The molecule has 0 atom stereocenters. The minimum Gasteiger partial charge on any atom is -0.490 e. The third-order valence-corrected chi connectivity index (χ3v) is 4.54. The first kappa shape index (κ1) is 17.9. The second kappa shape index (κ2) is 7.18. The van der Waals surface area contributed by atoms with Crippen LogP contribution in [0.2, 0.25) is 0 Å². The van der Waals surface area contributed by atoms with Crippen molar-refractivity contribution in [3.05, 3.63) is 23.3 Å². The average molecular weight is 313 g/mol. The van der Waals surface area contributed by atoms with Crippen LogP contribution in [0.4, 0.5) is 0 Å². The Kier molecular flexibility index (Phi) is 6.10. The van der Waals surface area contributed by atoms with Crippen molar-refractivity contribution < 1.29 is 14.6 Å². The standard InChI is InChI=1S/C16H27NO3S/c1-16(2,3)12-9-11(15(19)17-4)13(20-8-7-18)10-14(12)21(5)6/h9-10,18,21H,7-8H2,1-6H3,(H,17,19). The van der Waals surface area contributed by atoms with Crippen molar-refractivity contribution in [3.63, 3.8) is 0 Å². The van der Waals surface area contributed by atoms with E-state index in [1.165, 1.54) is 10.5 Å². The van der Waals surface area contributed by atoms with Crippen molar-refractivity contribution in [1.29, 1.82) is 0 Å². The highest BCUT2D eigenvalue weighted by Crippen LogP contribution is 2.41. The normalized spacial score (nSPS) is 12.0. The molecule has 1 rings (SSSR count). The number of carbonyl (C=O) groups is 1. The lowest BCUT2D eigenvalue weighted by atomic mass is 9.85. The van der Waals surface area contributed by atoms with Crippen LogP contribution in [-0.4, -0.2) is 43.8 Å². The largest absolute Gasteiger partial charge is 0.490 e. The van der Waals surface area contributed by atoms with Crippen LogP contribution >= 0.6 is 10.9 Å². The predicted molar refractivity (Wildman–Crippen MR) is 90.2 cm³/mol. The van der Waals surface area contributed by atoms with Gasteiger partial charge in [-0.15, -0.1) is 0 Å². The van der Waals surface area contributed by atoms with Gasteiger partial charge in [0, 0.05) is 7.05 Å². The van der Waals surface area contributed by atoms with Crippen molar-refractivity contribution in [1.82, 2.24) is 5.32 Å². The van der Waals surface area contributed by atoms with E-state index in [1.807, 2.05) is 12.1 Å². The van der Waals surface area contributed by atoms with Gasteiger partial charge in [0.2, 0.25) is 0 Å². The second-order valence-electron chi connectivity index (χ2n) is 6.16. The summed E-state index contributed by atoms with van der Waals surface area (Å²) in [6, 6.07) is 3.90. The monoisotopic (exact) mass is 313 g/mol. The van der Waals surface area contributed by atoms with Crippen LogP contribution in [0, 0.1) is 0 Å². The van der Waals surface area contributed by atoms with Crippen molar-refractivity contribution in [2.45, 2.75) is 31.1 Å². The van der Waals surface area contributed by atoms with Crippen LogP contribution in [0.3, 0.4) is 0 Å². The van der Waals surface area contributed by atoms with Gasteiger partial charge in [-0.3, -0.25) is 4.79 Å². The van der Waals surface area contributed by atoms with Gasteiger partial charge in [0.1, 0.15) is 12.4 Å². The minimum atomic E-state index is -0.322. The Hall–Kier alpha value is -1.20. The molecule has 0 aliphatic rings. The van der Waals surface area contributed by atoms with Crippen LogP contribution < -0.4 is 10.1 Å². The summed E-state index contributed by atoms with van der Waals surface area (Å²) >= 11 is 0. The maximum Gasteiger partial charge on any atom is 0.254 e. The summed E-state index contributed by atoms with van der Waals surface area (Å²) in [6.45, 7) is 6.55. The van der Waals surface area contributed by atoms with E-state index >= 15 is 0 Å². The number of rotatable bonds is 5. The highest BCUT2D eigenvalue weighted by Gasteiger charge is 2.24. The van der Waals surface area contributed by atoms with E-state index in [9.17, 15) is 4.79 Å². The van der Waals surface area contributed by atoms with Gasteiger partial charge < -0.3 is 15.2 Å². The first-order valence-electron chi connectivity index (χ1n) is 7.04. The first-order chi connectivity index (χ1) is 9.72. The van der Waals surface area contributed by atoms with Crippen molar-refractivity contribution in [2.24, 2.45) is 0 Å². The molecule has 0 unspecified atom stereocenters. The summed E-state index contributed by atoms with van der Waals surface area (Å²) in [6.07, 6.45) is 4.38. The van der Waals surface area contributed by atoms with Gasteiger partial charge >= 0.3 is 0 Å². The van der Waals surface area contributed by atoms with Crippen molar-refractivity contribution in [2.75, 3.05) is 32.8 Å². The number of hydrogen-bond donors (Lipinski definition) is 3. The van der Waals surface area contributed by atoms with E-state index in [0.29, 0.717) is 11.3 Å². The molecule has 0 spiro atoms. The summed E-state index contributed by atoms with van der Waals surface area (Å²) < 4.78 is 5.57. The van der Waals surface area contributed by atoms with Gasteiger partial charge in [0.15, 0.2) is 0 Å².